The molecule has 5 N–H and O–H groups in total. The molecule has 0 saturated carbocycles. The third-order valence-corrected chi connectivity index (χ3v) is 7.29. The van der Waals surface area contributed by atoms with Crippen LogP contribution in [0.1, 0.15) is 37.3 Å². The van der Waals surface area contributed by atoms with E-state index >= 15 is 0 Å². The lowest BCUT2D eigenvalue weighted by atomic mass is 10.1. The van der Waals surface area contributed by atoms with Crippen molar-refractivity contribution in [3.63, 3.8) is 0 Å². The van der Waals surface area contributed by atoms with E-state index in [2.05, 4.69) is 4.72 Å². The third-order valence-electron chi connectivity index (χ3n) is 5.82. The minimum Gasteiger partial charge on any atom is -0.493 e. The number of nitrogens with two attached hydrogens (primary N) is 1. The molecule has 2 atom stereocenters. The van der Waals surface area contributed by atoms with Crippen LogP contribution >= 0.6 is 0 Å². The lowest BCUT2D eigenvalue weighted by Gasteiger charge is -2.15. The maximum absolute atomic E-state index is 12.3. The molecule has 0 aliphatic carbocycles. The Hall–Kier alpha value is -3.64. The zero-order chi connectivity index (χ0) is 27.0. The highest BCUT2D eigenvalue weighted by Gasteiger charge is 2.32. The number of carbonyl (C=O) groups excluding carboxylic acids is 1. The van der Waals surface area contributed by atoms with Gasteiger partial charge in [0, 0.05) is 17.7 Å². The number of carbonyl (C=O) groups is 2. The SMILES string of the molecule is CCCCS(=O)(=O)NC(Cc1ccc(OCCC2CN(c3ccc(C(=N)N)cc3)C(=O)O2)cc1)C(=O)O. The maximum atomic E-state index is 12.3. The first-order valence-electron chi connectivity index (χ1n) is 11.9. The van der Waals surface area contributed by atoms with Crippen LogP contribution in [-0.4, -0.2) is 62.5 Å². The van der Waals surface area contributed by atoms with Crippen molar-refractivity contribution in [2.75, 3.05) is 23.8 Å². The number of cyclic esters (lactones) is 1. The van der Waals surface area contributed by atoms with Gasteiger partial charge in [-0.25, -0.2) is 17.9 Å². The number of unbranched alkanes of at least 4 members (excludes halogenated alkanes) is 1. The minimum atomic E-state index is -3.68. The molecule has 37 heavy (non-hydrogen) atoms. The second-order valence-corrected chi connectivity index (χ2v) is 10.6. The number of hydrogen-bond donors (Lipinski definition) is 4. The van der Waals surface area contributed by atoms with E-state index in [0.29, 0.717) is 55.0 Å². The maximum Gasteiger partial charge on any atom is 0.414 e. The molecule has 1 aliphatic heterocycles. The monoisotopic (exact) mass is 532 g/mol. The Kier molecular flexibility index (Phi) is 9.48. The number of nitrogen functional groups attached to an aromatic ring is 1. The summed E-state index contributed by atoms with van der Waals surface area (Å²) in [5, 5.41) is 16.9. The van der Waals surface area contributed by atoms with Crippen LogP contribution in [0.15, 0.2) is 48.5 Å². The second kappa shape index (κ2) is 12.5. The molecule has 1 saturated heterocycles. The molecule has 1 fully saturated rings. The van der Waals surface area contributed by atoms with Crippen LogP contribution < -0.4 is 20.1 Å². The van der Waals surface area contributed by atoms with Gasteiger partial charge in [0.25, 0.3) is 0 Å². The van der Waals surface area contributed by atoms with Crippen LogP contribution in [0.2, 0.25) is 0 Å². The third kappa shape index (κ3) is 8.19. The average molecular weight is 533 g/mol. The number of amides is 1. The predicted molar refractivity (Wildman–Crippen MR) is 139 cm³/mol. The largest absolute Gasteiger partial charge is 0.493 e. The minimum absolute atomic E-state index is 0.00221. The molecule has 1 heterocycles. The first-order chi connectivity index (χ1) is 17.6. The molecule has 2 aromatic rings. The number of nitrogens with zero attached hydrogens (tertiary/aromatic N) is 1. The number of anilines is 1. The first kappa shape index (κ1) is 27.9. The Morgan fingerprint density at radius 2 is 1.92 bits per heavy atom. The molecule has 1 amide bonds. The number of amidine groups is 1. The van der Waals surface area contributed by atoms with E-state index in [4.69, 9.17) is 20.6 Å². The molecular formula is C25H32N4O7S. The number of sulfonamides is 1. The molecule has 0 bridgehead atoms. The molecule has 1 aliphatic rings. The fourth-order valence-electron chi connectivity index (χ4n) is 3.76. The summed E-state index contributed by atoms with van der Waals surface area (Å²) >= 11 is 0. The molecule has 0 aromatic heterocycles. The number of hydrogen-bond acceptors (Lipinski definition) is 7. The van der Waals surface area contributed by atoms with E-state index in [0.717, 1.165) is 0 Å². The molecular weight excluding hydrogens is 500 g/mol. The molecule has 2 unspecified atom stereocenters. The summed E-state index contributed by atoms with van der Waals surface area (Å²) in [7, 11) is -3.68. The standard InChI is InChI=1S/C25H32N4O7S/c1-2-3-14-37(33,34)28-22(24(30)31)15-17-4-10-20(11-5-17)35-13-12-21-16-29(25(32)36-21)19-8-6-18(7-9-19)23(26)27/h4-11,21-22,28H,2-3,12-16H2,1H3,(H3,26,27)(H,30,31). The Labute approximate surface area is 216 Å². The highest BCUT2D eigenvalue weighted by molar-refractivity contribution is 7.89. The molecule has 2 aromatic carbocycles. The Bertz CT molecular complexity index is 1200. The van der Waals surface area contributed by atoms with Gasteiger partial charge in [-0.15, -0.1) is 0 Å². The van der Waals surface area contributed by atoms with Gasteiger partial charge in [-0.1, -0.05) is 25.5 Å². The van der Waals surface area contributed by atoms with Crippen LogP contribution in [0, 0.1) is 5.41 Å². The molecule has 200 valence electrons. The van der Waals surface area contributed by atoms with Crippen molar-refractivity contribution >= 4 is 33.6 Å². The van der Waals surface area contributed by atoms with Gasteiger partial charge in [0.15, 0.2) is 0 Å². The number of ether oxygens (including phenoxy) is 2. The second-order valence-electron chi connectivity index (χ2n) is 8.74. The van der Waals surface area contributed by atoms with E-state index in [1.165, 1.54) is 4.90 Å². The van der Waals surface area contributed by atoms with Crippen LogP contribution in [-0.2, 0) is 26.0 Å². The van der Waals surface area contributed by atoms with Gasteiger partial charge in [0.1, 0.15) is 23.7 Å². The number of rotatable bonds is 14. The molecule has 12 heteroatoms. The molecule has 11 nitrogen and oxygen atoms in total. The molecule has 0 spiro atoms. The highest BCUT2D eigenvalue weighted by Crippen LogP contribution is 2.24. The summed E-state index contributed by atoms with van der Waals surface area (Å²) in [6.45, 7) is 2.52. The lowest BCUT2D eigenvalue weighted by Crippen LogP contribution is -2.43. The average Bonchev–Trinajstić information content (AvgIpc) is 3.23. The van der Waals surface area contributed by atoms with Crippen LogP contribution in [0.25, 0.3) is 0 Å². The van der Waals surface area contributed by atoms with Crippen molar-refractivity contribution in [2.24, 2.45) is 5.73 Å². The predicted octanol–water partition coefficient (Wildman–Crippen LogP) is 2.48. The first-order valence-corrected chi connectivity index (χ1v) is 13.6. The Morgan fingerprint density at radius 1 is 1.24 bits per heavy atom. The van der Waals surface area contributed by atoms with Crippen LogP contribution in [0.5, 0.6) is 5.75 Å². The van der Waals surface area contributed by atoms with Crippen molar-refractivity contribution in [3.8, 4) is 5.75 Å². The number of carboxylic acid groups (broad SMARTS) is 1. The Morgan fingerprint density at radius 3 is 2.51 bits per heavy atom. The van der Waals surface area contributed by atoms with Crippen molar-refractivity contribution in [3.05, 3.63) is 59.7 Å². The number of benzene rings is 2. The smallest absolute Gasteiger partial charge is 0.414 e. The Balaban J connectivity index is 1.48. The zero-order valence-corrected chi connectivity index (χ0v) is 21.4. The molecule has 0 radical (unpaired) electrons. The number of nitrogens with one attached hydrogen (secondary N) is 2. The zero-order valence-electron chi connectivity index (χ0n) is 20.6. The van der Waals surface area contributed by atoms with Gasteiger partial charge in [0.05, 0.1) is 18.9 Å². The summed E-state index contributed by atoms with van der Waals surface area (Å²) in [4.78, 5) is 25.3. The van der Waals surface area contributed by atoms with Crippen molar-refractivity contribution in [2.45, 2.75) is 44.8 Å². The van der Waals surface area contributed by atoms with Crippen molar-refractivity contribution < 1.29 is 32.6 Å². The fourth-order valence-corrected chi connectivity index (χ4v) is 5.16. The summed E-state index contributed by atoms with van der Waals surface area (Å²) < 4.78 is 37.6. The van der Waals surface area contributed by atoms with Gasteiger partial charge in [-0.3, -0.25) is 15.1 Å². The topological polar surface area (TPSA) is 172 Å². The van der Waals surface area contributed by atoms with Crippen LogP contribution in [0.3, 0.4) is 0 Å². The normalized spacial score (nSPS) is 16.3. The van der Waals surface area contributed by atoms with Crippen LogP contribution in [0.4, 0.5) is 10.5 Å². The molecule has 3 rings (SSSR count). The van der Waals surface area contributed by atoms with E-state index < -0.39 is 28.1 Å². The van der Waals surface area contributed by atoms with Gasteiger partial charge in [-0.05, 0) is 54.8 Å². The lowest BCUT2D eigenvalue weighted by molar-refractivity contribution is -0.138. The van der Waals surface area contributed by atoms with E-state index in [1.807, 2.05) is 6.92 Å². The number of aliphatic carboxylic acids is 1. The van der Waals surface area contributed by atoms with E-state index in [1.54, 1.807) is 48.5 Å². The summed E-state index contributed by atoms with van der Waals surface area (Å²) in [6.07, 6.45) is 0.815. The summed E-state index contributed by atoms with van der Waals surface area (Å²) in [5.41, 5.74) is 7.33. The number of carboxylic acids is 1. The fraction of sp³-hybridized carbons (Fsp3) is 0.400. The highest BCUT2D eigenvalue weighted by atomic mass is 32.2. The van der Waals surface area contributed by atoms with Crippen molar-refractivity contribution in [1.82, 2.24) is 4.72 Å². The van der Waals surface area contributed by atoms with E-state index in [9.17, 15) is 23.1 Å². The van der Waals surface area contributed by atoms with E-state index in [-0.39, 0.29) is 24.1 Å². The van der Waals surface area contributed by atoms with Crippen molar-refractivity contribution in [1.29, 1.82) is 5.41 Å². The van der Waals surface area contributed by atoms with Gasteiger partial charge in [0.2, 0.25) is 10.0 Å². The van der Waals surface area contributed by atoms with Gasteiger partial charge >= 0.3 is 12.1 Å². The van der Waals surface area contributed by atoms with Gasteiger partial charge in [-0.2, -0.15) is 0 Å². The summed E-state index contributed by atoms with van der Waals surface area (Å²) in [6, 6.07) is 12.3. The van der Waals surface area contributed by atoms with Gasteiger partial charge < -0.3 is 20.3 Å². The quantitative estimate of drug-likeness (QED) is 0.212. The summed E-state index contributed by atoms with van der Waals surface area (Å²) in [5.74, 6) is -0.844.